The molecule has 0 aromatic heterocycles. The Hall–Kier alpha value is -0.340. The number of rotatable bonds is 3. The van der Waals surface area contributed by atoms with Crippen LogP contribution in [-0.2, 0) is 4.74 Å². The van der Waals surface area contributed by atoms with Crippen molar-refractivity contribution in [2.75, 3.05) is 7.11 Å². The number of ether oxygens (including phenoxy) is 1. The van der Waals surface area contributed by atoms with Gasteiger partial charge in [0.15, 0.2) is 0 Å². The average molecular weight is 196 g/mol. The van der Waals surface area contributed by atoms with E-state index in [1.807, 2.05) is 19.1 Å². The van der Waals surface area contributed by atoms with E-state index in [4.69, 9.17) is 4.74 Å². The summed E-state index contributed by atoms with van der Waals surface area (Å²) in [5, 5.41) is 10.1. The van der Waals surface area contributed by atoms with E-state index in [1.54, 1.807) is 7.11 Å². The van der Waals surface area contributed by atoms with Gasteiger partial charge < -0.3 is 9.84 Å². The maximum absolute atomic E-state index is 10.1. The Bertz CT molecular complexity index is 222. The Kier molecular flexibility index (Phi) is 2.67. The molecule has 2 rings (SSSR count). The predicted octanol–water partition coefficient (Wildman–Crippen LogP) is 2.13. The number of hydrogen-bond donors (Lipinski definition) is 1. The number of hydrogen-bond acceptors (Lipinski definition) is 2. The molecule has 2 saturated carbocycles. The fraction of sp³-hybridized carbons (Fsp3) is 0.833. The molecule has 0 radical (unpaired) electrons. The zero-order chi connectivity index (χ0) is 10.2. The van der Waals surface area contributed by atoms with Gasteiger partial charge in [0, 0.05) is 7.11 Å². The highest BCUT2D eigenvalue weighted by molar-refractivity contribution is 5.21. The maximum atomic E-state index is 10.1. The van der Waals surface area contributed by atoms with E-state index in [9.17, 15) is 5.11 Å². The average Bonchev–Trinajstić information content (AvgIpc) is 2.87. The lowest BCUT2D eigenvalue weighted by Crippen LogP contribution is -2.32. The predicted molar refractivity (Wildman–Crippen MR) is 56.0 cm³/mol. The second-order valence-electron chi connectivity index (χ2n) is 4.53. The SMILES string of the molecule is C/C=C/C(O)C1(OC)C2CCCCC21. The Morgan fingerprint density at radius 1 is 1.36 bits per heavy atom. The number of fused-ring (bicyclic) bond motifs is 1. The van der Waals surface area contributed by atoms with E-state index >= 15 is 0 Å². The van der Waals surface area contributed by atoms with Gasteiger partial charge in [0.05, 0.1) is 0 Å². The highest BCUT2D eigenvalue weighted by Gasteiger charge is 2.68. The third-order valence-electron chi connectivity index (χ3n) is 4.01. The minimum Gasteiger partial charge on any atom is -0.386 e. The third-order valence-corrected chi connectivity index (χ3v) is 4.01. The Morgan fingerprint density at radius 2 is 1.93 bits per heavy atom. The van der Waals surface area contributed by atoms with E-state index in [2.05, 4.69) is 0 Å². The van der Waals surface area contributed by atoms with Gasteiger partial charge in [-0.3, -0.25) is 0 Å². The van der Waals surface area contributed by atoms with Crippen molar-refractivity contribution in [1.29, 1.82) is 0 Å². The van der Waals surface area contributed by atoms with Gasteiger partial charge in [-0.05, 0) is 31.6 Å². The van der Waals surface area contributed by atoms with E-state index in [0.717, 1.165) is 0 Å². The molecule has 14 heavy (non-hydrogen) atoms. The standard InChI is InChI=1S/C12H20O2/c1-3-6-11(13)12(14-2)9-7-4-5-8-10(9)12/h3,6,9-11,13H,4-5,7-8H2,1-2H3/b6-3+. The summed E-state index contributed by atoms with van der Waals surface area (Å²) in [7, 11) is 1.74. The molecule has 0 aromatic rings. The van der Waals surface area contributed by atoms with Crippen molar-refractivity contribution in [1.82, 2.24) is 0 Å². The number of aliphatic hydroxyl groups is 1. The Balaban J connectivity index is 2.12. The molecule has 2 heteroatoms. The molecule has 0 aliphatic heterocycles. The van der Waals surface area contributed by atoms with Gasteiger partial charge in [-0.2, -0.15) is 0 Å². The lowest BCUT2D eigenvalue weighted by molar-refractivity contribution is -0.0287. The summed E-state index contributed by atoms with van der Waals surface area (Å²) in [5.74, 6) is 1.21. The van der Waals surface area contributed by atoms with E-state index < -0.39 is 6.10 Å². The van der Waals surface area contributed by atoms with Crippen LogP contribution in [0, 0.1) is 11.8 Å². The molecule has 3 unspecified atom stereocenters. The monoisotopic (exact) mass is 196 g/mol. The smallest absolute Gasteiger partial charge is 0.103 e. The first kappa shape index (κ1) is 10.2. The molecule has 0 spiro atoms. The van der Waals surface area contributed by atoms with Crippen molar-refractivity contribution in [3.05, 3.63) is 12.2 Å². The Morgan fingerprint density at radius 3 is 2.36 bits per heavy atom. The van der Waals surface area contributed by atoms with Gasteiger partial charge in [0.1, 0.15) is 11.7 Å². The topological polar surface area (TPSA) is 29.5 Å². The molecule has 0 bridgehead atoms. The lowest BCUT2D eigenvalue weighted by Gasteiger charge is -2.20. The quantitative estimate of drug-likeness (QED) is 0.701. The van der Waals surface area contributed by atoms with Crippen LogP contribution >= 0.6 is 0 Å². The number of aliphatic hydroxyl groups excluding tert-OH is 1. The van der Waals surface area contributed by atoms with Crippen LogP contribution in [0.15, 0.2) is 12.2 Å². The van der Waals surface area contributed by atoms with Crippen LogP contribution in [0.4, 0.5) is 0 Å². The van der Waals surface area contributed by atoms with E-state index in [0.29, 0.717) is 11.8 Å². The molecule has 3 atom stereocenters. The van der Waals surface area contributed by atoms with Gasteiger partial charge in [-0.1, -0.05) is 25.0 Å². The summed E-state index contributed by atoms with van der Waals surface area (Å²) in [6, 6.07) is 0. The van der Waals surface area contributed by atoms with Crippen LogP contribution in [0.25, 0.3) is 0 Å². The zero-order valence-corrected chi connectivity index (χ0v) is 9.07. The van der Waals surface area contributed by atoms with Gasteiger partial charge in [0.25, 0.3) is 0 Å². The largest absolute Gasteiger partial charge is 0.386 e. The molecule has 80 valence electrons. The summed E-state index contributed by atoms with van der Waals surface area (Å²) in [5.41, 5.74) is -0.233. The maximum Gasteiger partial charge on any atom is 0.103 e. The van der Waals surface area contributed by atoms with Crippen molar-refractivity contribution in [3.8, 4) is 0 Å². The molecule has 0 saturated heterocycles. The summed E-state index contributed by atoms with van der Waals surface area (Å²) in [4.78, 5) is 0. The second kappa shape index (κ2) is 3.67. The lowest BCUT2D eigenvalue weighted by atomic mass is 10.0. The third kappa shape index (κ3) is 1.24. The molecule has 2 fully saturated rings. The fourth-order valence-corrected chi connectivity index (χ4v) is 3.31. The summed E-state index contributed by atoms with van der Waals surface area (Å²) < 4.78 is 5.61. The summed E-state index contributed by atoms with van der Waals surface area (Å²) >= 11 is 0. The summed E-state index contributed by atoms with van der Waals surface area (Å²) in [6.45, 7) is 1.94. The first-order chi connectivity index (χ1) is 6.77. The molecule has 0 amide bonds. The first-order valence-corrected chi connectivity index (χ1v) is 5.63. The number of methoxy groups -OCH3 is 1. The van der Waals surface area contributed by atoms with Crippen LogP contribution in [0.1, 0.15) is 32.6 Å². The van der Waals surface area contributed by atoms with E-state index in [1.165, 1.54) is 25.7 Å². The molecule has 0 aromatic carbocycles. The molecular weight excluding hydrogens is 176 g/mol. The zero-order valence-electron chi connectivity index (χ0n) is 9.07. The molecule has 0 heterocycles. The molecule has 2 aliphatic carbocycles. The highest BCUT2D eigenvalue weighted by atomic mass is 16.5. The van der Waals surface area contributed by atoms with Gasteiger partial charge in [-0.25, -0.2) is 0 Å². The minimum atomic E-state index is -0.411. The van der Waals surface area contributed by atoms with Crippen molar-refractivity contribution < 1.29 is 9.84 Å². The van der Waals surface area contributed by atoms with Crippen LogP contribution in [0.3, 0.4) is 0 Å². The van der Waals surface area contributed by atoms with Crippen molar-refractivity contribution in [3.63, 3.8) is 0 Å². The van der Waals surface area contributed by atoms with Crippen LogP contribution in [-0.4, -0.2) is 23.9 Å². The first-order valence-electron chi connectivity index (χ1n) is 5.63. The second-order valence-corrected chi connectivity index (χ2v) is 4.53. The Labute approximate surface area is 86.0 Å². The molecule has 2 aliphatic rings. The summed E-state index contributed by atoms with van der Waals surface area (Å²) in [6.07, 6.45) is 8.42. The van der Waals surface area contributed by atoms with Gasteiger partial charge in [-0.15, -0.1) is 0 Å². The van der Waals surface area contributed by atoms with Crippen LogP contribution < -0.4 is 0 Å². The van der Waals surface area contributed by atoms with Gasteiger partial charge in [0.2, 0.25) is 0 Å². The van der Waals surface area contributed by atoms with Gasteiger partial charge >= 0.3 is 0 Å². The van der Waals surface area contributed by atoms with Crippen LogP contribution in [0.2, 0.25) is 0 Å². The van der Waals surface area contributed by atoms with Crippen LogP contribution in [0.5, 0.6) is 0 Å². The molecule has 1 N–H and O–H groups in total. The normalized spacial score (nSPS) is 43.6. The molecular formula is C12H20O2. The fourth-order valence-electron chi connectivity index (χ4n) is 3.31. The highest BCUT2D eigenvalue weighted by Crippen LogP contribution is 2.62. The van der Waals surface area contributed by atoms with Crippen molar-refractivity contribution >= 4 is 0 Å². The molecule has 2 nitrogen and oxygen atoms in total. The van der Waals surface area contributed by atoms with E-state index in [-0.39, 0.29) is 5.60 Å². The van der Waals surface area contributed by atoms with Crippen molar-refractivity contribution in [2.45, 2.75) is 44.3 Å². The minimum absolute atomic E-state index is 0.233. The van der Waals surface area contributed by atoms with Crippen molar-refractivity contribution in [2.24, 2.45) is 11.8 Å². The number of allylic oxidation sites excluding steroid dienone is 1.